The molecule has 0 aromatic carbocycles. The quantitative estimate of drug-likeness (QED) is 0.503. The second-order valence-electron chi connectivity index (χ2n) is 2.36. The number of nitrogens with one attached hydrogen (secondary N) is 1. The number of ketones is 1. The number of aliphatic hydroxyl groups is 1. The third-order valence-electron chi connectivity index (χ3n) is 1.56. The topological polar surface area (TPSA) is 66.4 Å². The van der Waals surface area contributed by atoms with Gasteiger partial charge in [-0.15, -0.1) is 0 Å². The van der Waals surface area contributed by atoms with Gasteiger partial charge in [-0.1, -0.05) is 0 Å². The molecule has 2 N–H and O–H groups in total. The lowest BCUT2D eigenvalue weighted by Gasteiger charge is -2.16. The highest BCUT2D eigenvalue weighted by Crippen LogP contribution is 1.99. The Morgan fingerprint density at radius 3 is 2.36 bits per heavy atom. The van der Waals surface area contributed by atoms with E-state index < -0.39 is 12.0 Å². The number of aliphatic hydroxyl groups excluding tert-OH is 1. The maximum Gasteiger partial charge on any atom is 0.147 e. The molecule has 0 aromatic rings. The van der Waals surface area contributed by atoms with E-state index in [-0.39, 0.29) is 12.4 Å². The van der Waals surface area contributed by atoms with Crippen LogP contribution in [0.1, 0.15) is 6.92 Å². The molecule has 0 aromatic heterocycles. The number of Topliss-reactive ketones (excluding diaryl/α,β-unsaturated/α-hetero) is 1. The average molecular weight is 159 g/mol. The molecule has 0 saturated carbocycles. The molecule has 4 nitrogen and oxygen atoms in total. The van der Waals surface area contributed by atoms with E-state index in [4.69, 9.17) is 5.11 Å². The zero-order valence-electron chi connectivity index (χ0n) is 6.70. The molecule has 0 aliphatic rings. The minimum Gasteiger partial charge on any atom is -0.396 e. The largest absolute Gasteiger partial charge is 0.396 e. The minimum absolute atomic E-state index is 0.140. The van der Waals surface area contributed by atoms with Crippen molar-refractivity contribution in [1.29, 1.82) is 0 Å². The number of hydrogen-bond acceptors (Lipinski definition) is 4. The van der Waals surface area contributed by atoms with Crippen LogP contribution in [0, 0.1) is 5.92 Å². The Hall–Kier alpha value is -0.740. The van der Waals surface area contributed by atoms with E-state index in [2.05, 4.69) is 5.32 Å². The summed E-state index contributed by atoms with van der Waals surface area (Å²) in [5, 5.41) is 11.3. The van der Waals surface area contributed by atoms with Crippen molar-refractivity contribution < 1.29 is 14.7 Å². The Morgan fingerprint density at radius 2 is 2.27 bits per heavy atom. The van der Waals surface area contributed by atoms with Gasteiger partial charge in [0, 0.05) is 0 Å². The Labute approximate surface area is 65.6 Å². The van der Waals surface area contributed by atoms with E-state index in [1.807, 2.05) is 0 Å². The van der Waals surface area contributed by atoms with Crippen molar-refractivity contribution in [3.8, 4) is 0 Å². The van der Waals surface area contributed by atoms with Crippen LogP contribution in [0.15, 0.2) is 0 Å². The zero-order valence-corrected chi connectivity index (χ0v) is 6.70. The third kappa shape index (κ3) is 2.78. The van der Waals surface area contributed by atoms with E-state index in [0.29, 0.717) is 6.29 Å². The molecule has 0 bridgehead atoms. The number of likely N-dealkylation sites (N-methyl/N-ethyl adjacent to an activating group) is 1. The molecule has 64 valence electrons. The van der Waals surface area contributed by atoms with Gasteiger partial charge < -0.3 is 15.2 Å². The number of aldehydes is 1. The van der Waals surface area contributed by atoms with Gasteiger partial charge in [-0.25, -0.2) is 0 Å². The lowest BCUT2D eigenvalue weighted by atomic mass is 9.99. The highest BCUT2D eigenvalue weighted by atomic mass is 16.3. The predicted molar refractivity (Wildman–Crippen MR) is 40.2 cm³/mol. The molecule has 1 unspecified atom stereocenters. The Balaban J connectivity index is 4.20. The van der Waals surface area contributed by atoms with Crippen LogP contribution >= 0.6 is 0 Å². The normalized spacial score (nSPS) is 15.5. The summed E-state index contributed by atoms with van der Waals surface area (Å²) < 4.78 is 0. The van der Waals surface area contributed by atoms with Gasteiger partial charge in [0.2, 0.25) is 0 Å². The van der Waals surface area contributed by atoms with Crippen molar-refractivity contribution in [2.75, 3.05) is 13.7 Å². The van der Waals surface area contributed by atoms with Crippen molar-refractivity contribution >= 4 is 12.1 Å². The van der Waals surface area contributed by atoms with Crippen LogP contribution in [-0.2, 0) is 9.59 Å². The summed E-state index contributed by atoms with van der Waals surface area (Å²) in [4.78, 5) is 21.1. The lowest BCUT2D eigenvalue weighted by molar-refractivity contribution is -0.124. The van der Waals surface area contributed by atoms with Crippen molar-refractivity contribution in [2.24, 2.45) is 5.92 Å². The fraction of sp³-hybridized carbons (Fsp3) is 0.714. The van der Waals surface area contributed by atoms with Crippen molar-refractivity contribution in [2.45, 2.75) is 13.0 Å². The molecular weight excluding hydrogens is 146 g/mol. The van der Waals surface area contributed by atoms with Gasteiger partial charge in [0.15, 0.2) is 0 Å². The SMILES string of the molecule is CN[C@H](C(C)=O)C(C=O)CO. The first-order valence-corrected chi connectivity index (χ1v) is 3.41. The van der Waals surface area contributed by atoms with E-state index >= 15 is 0 Å². The maximum atomic E-state index is 10.8. The standard InChI is InChI=1S/C7H13NO3/c1-5(11)7(8-2)6(3-9)4-10/h3,6-8,10H,4H2,1-2H3/t6?,7-/m1/s1. The third-order valence-corrected chi connectivity index (χ3v) is 1.56. The Morgan fingerprint density at radius 1 is 1.73 bits per heavy atom. The molecule has 0 spiro atoms. The zero-order chi connectivity index (χ0) is 8.85. The molecule has 4 heteroatoms. The monoisotopic (exact) mass is 159 g/mol. The highest BCUT2D eigenvalue weighted by molar-refractivity contribution is 5.84. The second kappa shape index (κ2) is 4.98. The summed E-state index contributed by atoms with van der Waals surface area (Å²) in [6, 6.07) is -0.558. The molecule has 0 aliphatic carbocycles. The Bertz CT molecular complexity index is 147. The first-order valence-electron chi connectivity index (χ1n) is 3.41. The van der Waals surface area contributed by atoms with Gasteiger partial charge >= 0.3 is 0 Å². The van der Waals surface area contributed by atoms with Crippen LogP contribution in [0.25, 0.3) is 0 Å². The molecule has 0 amide bonds. The fourth-order valence-electron chi connectivity index (χ4n) is 0.946. The smallest absolute Gasteiger partial charge is 0.147 e. The first kappa shape index (κ1) is 10.3. The minimum atomic E-state index is -0.627. The van der Waals surface area contributed by atoms with Crippen LogP contribution in [-0.4, -0.2) is 36.9 Å². The van der Waals surface area contributed by atoms with Crippen LogP contribution in [0.4, 0.5) is 0 Å². The number of carbonyl (C=O) groups excluding carboxylic acids is 2. The molecule has 0 fully saturated rings. The summed E-state index contributed by atoms with van der Waals surface area (Å²) >= 11 is 0. The van der Waals surface area contributed by atoms with Crippen LogP contribution < -0.4 is 5.32 Å². The summed E-state index contributed by atoms with van der Waals surface area (Å²) in [5.41, 5.74) is 0. The van der Waals surface area contributed by atoms with Crippen molar-refractivity contribution in [1.82, 2.24) is 5.32 Å². The van der Waals surface area contributed by atoms with Gasteiger partial charge in [0.05, 0.1) is 18.6 Å². The molecule has 0 saturated heterocycles. The highest BCUT2D eigenvalue weighted by Gasteiger charge is 2.22. The van der Waals surface area contributed by atoms with Gasteiger partial charge in [0.1, 0.15) is 12.1 Å². The van der Waals surface area contributed by atoms with E-state index in [1.54, 1.807) is 7.05 Å². The van der Waals surface area contributed by atoms with E-state index in [1.165, 1.54) is 6.92 Å². The van der Waals surface area contributed by atoms with E-state index in [0.717, 1.165) is 0 Å². The molecular formula is C7H13NO3. The molecule has 0 heterocycles. The Kier molecular flexibility index (Phi) is 4.65. The predicted octanol–water partition coefficient (Wildman–Crippen LogP) is -1.03. The van der Waals surface area contributed by atoms with Crippen LogP contribution in [0.2, 0.25) is 0 Å². The second-order valence-corrected chi connectivity index (χ2v) is 2.36. The van der Waals surface area contributed by atoms with Gasteiger partial charge in [-0.3, -0.25) is 4.79 Å². The summed E-state index contributed by atoms with van der Waals surface area (Å²) in [6.45, 7) is 1.09. The van der Waals surface area contributed by atoms with Crippen LogP contribution in [0.5, 0.6) is 0 Å². The maximum absolute atomic E-state index is 10.8. The molecule has 2 atom stereocenters. The van der Waals surface area contributed by atoms with Crippen molar-refractivity contribution in [3.63, 3.8) is 0 Å². The fourth-order valence-corrected chi connectivity index (χ4v) is 0.946. The van der Waals surface area contributed by atoms with Gasteiger partial charge in [0.25, 0.3) is 0 Å². The molecule has 0 radical (unpaired) electrons. The number of hydrogen-bond donors (Lipinski definition) is 2. The molecule has 0 rings (SSSR count). The lowest BCUT2D eigenvalue weighted by Crippen LogP contribution is -2.41. The summed E-state index contributed by atoms with van der Waals surface area (Å²) in [5.74, 6) is -0.767. The van der Waals surface area contributed by atoms with Gasteiger partial charge in [-0.05, 0) is 14.0 Å². The van der Waals surface area contributed by atoms with Crippen LogP contribution in [0.3, 0.4) is 0 Å². The average Bonchev–Trinajstić information content (AvgIpc) is 1.99. The van der Waals surface area contributed by atoms with E-state index in [9.17, 15) is 9.59 Å². The first-order chi connectivity index (χ1) is 5.17. The van der Waals surface area contributed by atoms with Gasteiger partial charge in [-0.2, -0.15) is 0 Å². The summed E-state index contributed by atoms with van der Waals surface area (Å²) in [6.07, 6.45) is 0.586. The number of rotatable bonds is 5. The number of carbonyl (C=O) groups is 2. The molecule has 0 aliphatic heterocycles. The van der Waals surface area contributed by atoms with Crippen molar-refractivity contribution in [3.05, 3.63) is 0 Å². The summed E-state index contributed by atoms with van der Waals surface area (Å²) in [7, 11) is 1.58. The molecule has 11 heavy (non-hydrogen) atoms.